The van der Waals surface area contributed by atoms with Gasteiger partial charge in [0.25, 0.3) is 0 Å². The zero-order valence-electron chi connectivity index (χ0n) is 10.0. The molecule has 1 saturated heterocycles. The van der Waals surface area contributed by atoms with E-state index in [1.165, 1.54) is 5.56 Å². The summed E-state index contributed by atoms with van der Waals surface area (Å²) in [5.74, 6) is -0.734. The monoisotopic (exact) mass is 289 g/mol. The van der Waals surface area contributed by atoms with Crippen molar-refractivity contribution < 1.29 is 9.90 Å². The Hall–Kier alpha value is -0.770. The first kappa shape index (κ1) is 15.3. The van der Waals surface area contributed by atoms with E-state index in [9.17, 15) is 4.79 Å². The van der Waals surface area contributed by atoms with Gasteiger partial charge in [-0.2, -0.15) is 0 Å². The summed E-state index contributed by atoms with van der Waals surface area (Å²) in [7, 11) is 0. The molecule has 0 aromatic heterocycles. The van der Waals surface area contributed by atoms with E-state index in [2.05, 4.69) is 11.0 Å². The number of nitrogens with zero attached hydrogens (tertiary/aromatic N) is 1. The minimum atomic E-state index is -0.734. The molecule has 1 atom stereocenters. The highest BCUT2D eigenvalue weighted by Gasteiger charge is 2.26. The molecule has 1 aromatic rings. The Labute approximate surface area is 118 Å². The Morgan fingerprint density at radius 1 is 1.50 bits per heavy atom. The third kappa shape index (κ3) is 3.87. The Morgan fingerprint density at radius 3 is 2.94 bits per heavy atom. The lowest BCUT2D eigenvalue weighted by atomic mass is 10.0. The maximum atomic E-state index is 10.6. The first-order valence-corrected chi connectivity index (χ1v) is 6.26. The summed E-state index contributed by atoms with van der Waals surface area (Å²) < 4.78 is 0. The van der Waals surface area contributed by atoms with Crippen LogP contribution in [0.15, 0.2) is 24.3 Å². The minimum absolute atomic E-state index is 0. The first-order valence-electron chi connectivity index (χ1n) is 5.88. The van der Waals surface area contributed by atoms with Crippen LogP contribution in [0.3, 0.4) is 0 Å². The lowest BCUT2D eigenvalue weighted by Gasteiger charge is -2.24. The molecule has 1 aliphatic rings. The summed E-state index contributed by atoms with van der Waals surface area (Å²) in [6.07, 6.45) is 2.41. The Balaban J connectivity index is 0.00000162. The average molecular weight is 290 g/mol. The van der Waals surface area contributed by atoms with Crippen LogP contribution in [0.25, 0.3) is 0 Å². The molecule has 5 heteroatoms. The number of carboxylic acid groups (broad SMARTS) is 1. The Morgan fingerprint density at radius 2 is 2.28 bits per heavy atom. The first-order chi connectivity index (χ1) is 8.16. The number of likely N-dealkylation sites (tertiary alicyclic amines) is 1. The largest absolute Gasteiger partial charge is 0.481 e. The van der Waals surface area contributed by atoms with E-state index in [0.29, 0.717) is 12.6 Å². The number of carboxylic acids is 1. The molecule has 1 fully saturated rings. The summed E-state index contributed by atoms with van der Waals surface area (Å²) in [5, 5.41) is 9.47. The van der Waals surface area contributed by atoms with Crippen molar-refractivity contribution in [2.24, 2.45) is 0 Å². The van der Waals surface area contributed by atoms with Gasteiger partial charge in [-0.05, 0) is 37.1 Å². The van der Waals surface area contributed by atoms with Crippen LogP contribution >= 0.6 is 24.0 Å². The van der Waals surface area contributed by atoms with E-state index < -0.39 is 5.97 Å². The van der Waals surface area contributed by atoms with Gasteiger partial charge in [0, 0.05) is 17.6 Å². The van der Waals surface area contributed by atoms with Gasteiger partial charge in [0.1, 0.15) is 0 Å². The molecule has 0 radical (unpaired) electrons. The van der Waals surface area contributed by atoms with Crippen molar-refractivity contribution in [1.82, 2.24) is 4.90 Å². The van der Waals surface area contributed by atoms with Gasteiger partial charge in [0.05, 0.1) is 6.42 Å². The van der Waals surface area contributed by atoms with E-state index in [4.69, 9.17) is 16.7 Å². The third-order valence-electron chi connectivity index (χ3n) is 3.21. The van der Waals surface area contributed by atoms with Crippen molar-refractivity contribution in [3.8, 4) is 0 Å². The highest BCUT2D eigenvalue weighted by Crippen LogP contribution is 2.32. The standard InChI is InChI=1S/C13H16ClNO2.ClH/c14-11-4-1-3-10(9-11)12-5-2-7-15(12)8-6-13(16)17;/h1,3-4,9,12H,2,5-8H2,(H,16,17);1H. The van der Waals surface area contributed by atoms with Crippen molar-refractivity contribution in [3.63, 3.8) is 0 Å². The van der Waals surface area contributed by atoms with Gasteiger partial charge < -0.3 is 5.11 Å². The number of halogens is 2. The van der Waals surface area contributed by atoms with Crippen LogP contribution in [0.2, 0.25) is 5.02 Å². The predicted molar refractivity (Wildman–Crippen MR) is 74.5 cm³/mol. The van der Waals surface area contributed by atoms with Crippen molar-refractivity contribution in [2.45, 2.75) is 25.3 Å². The summed E-state index contributed by atoms with van der Waals surface area (Å²) >= 11 is 5.99. The molecule has 0 bridgehead atoms. The SMILES string of the molecule is Cl.O=C(O)CCN1CCCC1c1cccc(Cl)c1. The van der Waals surface area contributed by atoms with Crippen molar-refractivity contribution >= 4 is 30.0 Å². The van der Waals surface area contributed by atoms with Gasteiger partial charge in [0.15, 0.2) is 0 Å². The van der Waals surface area contributed by atoms with Gasteiger partial charge in [0.2, 0.25) is 0 Å². The average Bonchev–Trinajstić information content (AvgIpc) is 2.74. The molecular formula is C13H17Cl2NO2. The number of hydrogen-bond acceptors (Lipinski definition) is 2. The summed E-state index contributed by atoms with van der Waals surface area (Å²) in [5.41, 5.74) is 1.19. The smallest absolute Gasteiger partial charge is 0.304 e. The lowest BCUT2D eigenvalue weighted by Crippen LogP contribution is -2.26. The molecule has 1 aromatic carbocycles. The van der Waals surface area contributed by atoms with E-state index in [1.807, 2.05) is 18.2 Å². The van der Waals surface area contributed by atoms with Crippen LogP contribution < -0.4 is 0 Å². The van der Waals surface area contributed by atoms with Gasteiger partial charge in [-0.15, -0.1) is 12.4 Å². The maximum absolute atomic E-state index is 10.6. The second-order valence-corrected chi connectivity index (χ2v) is 4.83. The zero-order chi connectivity index (χ0) is 12.3. The van der Waals surface area contributed by atoms with Crippen LogP contribution in [0.1, 0.15) is 30.9 Å². The molecule has 3 nitrogen and oxygen atoms in total. The van der Waals surface area contributed by atoms with Crippen LogP contribution in [0, 0.1) is 0 Å². The number of hydrogen-bond donors (Lipinski definition) is 1. The molecule has 0 aliphatic carbocycles. The predicted octanol–water partition coefficient (Wildman–Crippen LogP) is 3.37. The molecule has 1 aliphatic heterocycles. The molecule has 1 heterocycles. The third-order valence-corrected chi connectivity index (χ3v) is 3.45. The summed E-state index contributed by atoms with van der Waals surface area (Å²) in [4.78, 5) is 12.8. The van der Waals surface area contributed by atoms with Crippen molar-refractivity contribution in [1.29, 1.82) is 0 Å². The van der Waals surface area contributed by atoms with Crippen LogP contribution in [0.5, 0.6) is 0 Å². The number of carbonyl (C=O) groups is 1. The number of benzene rings is 1. The highest BCUT2D eigenvalue weighted by atomic mass is 35.5. The second-order valence-electron chi connectivity index (χ2n) is 4.39. The van der Waals surface area contributed by atoms with Crippen LogP contribution in [0.4, 0.5) is 0 Å². The van der Waals surface area contributed by atoms with Gasteiger partial charge in [-0.3, -0.25) is 9.69 Å². The normalized spacial score (nSPS) is 19.5. The van der Waals surface area contributed by atoms with E-state index in [1.54, 1.807) is 0 Å². The maximum Gasteiger partial charge on any atom is 0.304 e. The van der Waals surface area contributed by atoms with E-state index in [0.717, 1.165) is 24.4 Å². The fourth-order valence-corrected chi connectivity index (χ4v) is 2.62. The lowest BCUT2D eigenvalue weighted by molar-refractivity contribution is -0.137. The second kappa shape index (κ2) is 6.98. The quantitative estimate of drug-likeness (QED) is 0.924. The van der Waals surface area contributed by atoms with Crippen molar-refractivity contribution in [3.05, 3.63) is 34.9 Å². The summed E-state index contributed by atoms with van der Waals surface area (Å²) in [6.45, 7) is 1.59. The molecular weight excluding hydrogens is 273 g/mol. The van der Waals surface area contributed by atoms with Gasteiger partial charge in [-0.1, -0.05) is 23.7 Å². The fourth-order valence-electron chi connectivity index (χ4n) is 2.42. The number of rotatable bonds is 4. The molecule has 1 unspecified atom stereocenters. The topological polar surface area (TPSA) is 40.5 Å². The zero-order valence-corrected chi connectivity index (χ0v) is 11.6. The minimum Gasteiger partial charge on any atom is -0.481 e. The van der Waals surface area contributed by atoms with Gasteiger partial charge in [-0.25, -0.2) is 0 Å². The molecule has 18 heavy (non-hydrogen) atoms. The molecule has 0 spiro atoms. The molecule has 0 saturated carbocycles. The van der Waals surface area contributed by atoms with E-state index >= 15 is 0 Å². The Bertz CT molecular complexity index is 412. The molecule has 1 N–H and O–H groups in total. The number of aliphatic carboxylic acids is 1. The molecule has 100 valence electrons. The summed E-state index contributed by atoms with van der Waals surface area (Å²) in [6, 6.07) is 8.18. The Kier molecular flexibility index (Phi) is 5.93. The fraction of sp³-hybridized carbons (Fsp3) is 0.462. The van der Waals surface area contributed by atoms with Gasteiger partial charge >= 0.3 is 5.97 Å². The van der Waals surface area contributed by atoms with E-state index in [-0.39, 0.29) is 18.8 Å². The highest BCUT2D eigenvalue weighted by molar-refractivity contribution is 6.30. The van der Waals surface area contributed by atoms with Crippen molar-refractivity contribution in [2.75, 3.05) is 13.1 Å². The van der Waals surface area contributed by atoms with Crippen LogP contribution in [-0.4, -0.2) is 29.1 Å². The molecule has 0 amide bonds. The molecule has 2 rings (SSSR count). The van der Waals surface area contributed by atoms with Crippen LogP contribution in [-0.2, 0) is 4.79 Å².